The molecule has 0 aliphatic heterocycles. The first kappa shape index (κ1) is 15.1. The first-order valence-corrected chi connectivity index (χ1v) is 6.50. The van der Waals surface area contributed by atoms with E-state index >= 15 is 0 Å². The maximum atomic E-state index is 12.2. The second-order valence-corrected chi connectivity index (χ2v) is 4.50. The monoisotopic (exact) mass is 291 g/mol. The zero-order chi connectivity index (χ0) is 15.4. The molecule has 112 valence electrons. The lowest BCUT2D eigenvalue weighted by atomic mass is 10.1. The van der Waals surface area contributed by atoms with E-state index in [0.29, 0.717) is 11.1 Å². The predicted octanol–water partition coefficient (Wildman–Crippen LogP) is 1.87. The summed E-state index contributed by atoms with van der Waals surface area (Å²) in [6.07, 6.45) is -0.897. The Morgan fingerprint density at radius 3 is 2.71 bits per heavy atom. The lowest BCUT2D eigenvalue weighted by Gasteiger charge is -2.11. The van der Waals surface area contributed by atoms with E-state index in [1.165, 1.54) is 21.1 Å². The normalized spacial score (nSPS) is 12.1. The Bertz CT molecular complexity index is 661. The Balaban J connectivity index is 2.34. The number of esters is 1. The van der Waals surface area contributed by atoms with Crippen molar-refractivity contribution in [2.45, 2.75) is 19.6 Å². The van der Waals surface area contributed by atoms with Crippen LogP contribution in [-0.4, -0.2) is 32.1 Å². The fourth-order valence-electron chi connectivity index (χ4n) is 2.02. The Hall–Kier alpha value is -2.34. The summed E-state index contributed by atoms with van der Waals surface area (Å²) in [5.74, 6) is -1.00. The number of carbonyl (C=O) groups is 2. The third-order valence-corrected chi connectivity index (χ3v) is 3.07. The second kappa shape index (κ2) is 6.41. The number of carbonyl (C=O) groups excluding carboxylic acids is 2. The van der Waals surface area contributed by atoms with Crippen LogP contribution in [0.2, 0.25) is 0 Å². The van der Waals surface area contributed by atoms with Gasteiger partial charge in [0.25, 0.3) is 5.91 Å². The number of nitrogens with one attached hydrogen (secondary N) is 1. The average molecular weight is 291 g/mol. The van der Waals surface area contributed by atoms with Crippen molar-refractivity contribution in [2.75, 3.05) is 14.2 Å². The number of amides is 1. The molecule has 0 spiro atoms. The number of rotatable bonds is 5. The molecule has 1 aromatic carbocycles. The van der Waals surface area contributed by atoms with Gasteiger partial charge in [-0.1, -0.05) is 18.2 Å². The van der Waals surface area contributed by atoms with Crippen LogP contribution in [0.5, 0.6) is 0 Å². The van der Waals surface area contributed by atoms with Crippen molar-refractivity contribution in [3.05, 3.63) is 35.6 Å². The minimum atomic E-state index is -0.897. The minimum absolute atomic E-state index is 0.0637. The molecule has 0 aliphatic carbocycles. The van der Waals surface area contributed by atoms with Crippen LogP contribution >= 0.6 is 0 Å². The lowest BCUT2D eigenvalue weighted by Crippen LogP contribution is -2.33. The molecule has 0 unspecified atom stereocenters. The number of likely N-dealkylation sites (N-methyl/N-ethyl adjacent to an activating group) is 1. The molecule has 2 aromatic rings. The first-order valence-electron chi connectivity index (χ1n) is 6.50. The second-order valence-electron chi connectivity index (χ2n) is 4.50. The Morgan fingerprint density at radius 2 is 2.05 bits per heavy atom. The van der Waals surface area contributed by atoms with Crippen LogP contribution in [0.25, 0.3) is 11.0 Å². The Labute approximate surface area is 122 Å². The summed E-state index contributed by atoms with van der Waals surface area (Å²) in [5.41, 5.74) is 1.19. The highest BCUT2D eigenvalue weighted by Crippen LogP contribution is 2.27. The van der Waals surface area contributed by atoms with Gasteiger partial charge in [-0.05, 0) is 13.0 Å². The minimum Gasteiger partial charge on any atom is -0.449 e. The van der Waals surface area contributed by atoms with Crippen molar-refractivity contribution in [2.24, 2.45) is 0 Å². The van der Waals surface area contributed by atoms with Crippen LogP contribution in [0.3, 0.4) is 0 Å². The van der Waals surface area contributed by atoms with Crippen LogP contribution in [0.15, 0.2) is 28.7 Å². The summed E-state index contributed by atoms with van der Waals surface area (Å²) in [6, 6.07) is 7.25. The number of hydrogen-bond donors (Lipinski definition) is 1. The van der Waals surface area contributed by atoms with Gasteiger partial charge in [0, 0.05) is 25.1 Å². The topological polar surface area (TPSA) is 77.8 Å². The van der Waals surface area contributed by atoms with E-state index < -0.39 is 12.1 Å². The van der Waals surface area contributed by atoms with Crippen molar-refractivity contribution >= 4 is 22.8 Å². The van der Waals surface area contributed by atoms with Gasteiger partial charge >= 0.3 is 5.97 Å². The smallest absolute Gasteiger partial charge is 0.375 e. The molecule has 1 amide bonds. The molecule has 1 heterocycles. The van der Waals surface area contributed by atoms with Crippen molar-refractivity contribution in [3.8, 4) is 0 Å². The van der Waals surface area contributed by atoms with Gasteiger partial charge in [-0.25, -0.2) is 4.79 Å². The SMILES string of the molecule is CNC(=O)[C@H](C)OC(=O)c1oc2ccccc2c1COC. The fourth-order valence-corrected chi connectivity index (χ4v) is 2.02. The maximum absolute atomic E-state index is 12.2. The molecule has 1 aromatic heterocycles. The van der Waals surface area contributed by atoms with Gasteiger partial charge in [-0.3, -0.25) is 4.79 Å². The fraction of sp³-hybridized carbons (Fsp3) is 0.333. The third-order valence-electron chi connectivity index (χ3n) is 3.07. The van der Waals surface area contributed by atoms with Gasteiger partial charge < -0.3 is 19.2 Å². The Kier molecular flexibility index (Phi) is 4.59. The number of ether oxygens (including phenoxy) is 2. The molecule has 0 aliphatic rings. The number of methoxy groups -OCH3 is 1. The van der Waals surface area contributed by atoms with E-state index in [1.54, 1.807) is 6.07 Å². The highest BCUT2D eigenvalue weighted by atomic mass is 16.6. The predicted molar refractivity (Wildman–Crippen MR) is 75.9 cm³/mol. The van der Waals surface area contributed by atoms with E-state index in [9.17, 15) is 9.59 Å². The van der Waals surface area contributed by atoms with Crippen LogP contribution in [0.1, 0.15) is 23.0 Å². The van der Waals surface area contributed by atoms with Crippen molar-refractivity contribution in [3.63, 3.8) is 0 Å². The zero-order valence-electron chi connectivity index (χ0n) is 12.1. The van der Waals surface area contributed by atoms with Crippen LogP contribution in [0, 0.1) is 0 Å². The van der Waals surface area contributed by atoms with Crippen LogP contribution in [0.4, 0.5) is 0 Å². The summed E-state index contributed by atoms with van der Waals surface area (Å²) in [5, 5.41) is 3.21. The first-order chi connectivity index (χ1) is 10.1. The summed E-state index contributed by atoms with van der Waals surface area (Å²) in [4.78, 5) is 23.6. The molecule has 0 fully saturated rings. The number of benzene rings is 1. The largest absolute Gasteiger partial charge is 0.449 e. The zero-order valence-corrected chi connectivity index (χ0v) is 12.1. The summed E-state index contributed by atoms with van der Waals surface area (Å²) in [6.45, 7) is 1.71. The van der Waals surface area contributed by atoms with Crippen molar-refractivity contribution in [1.29, 1.82) is 0 Å². The molecule has 0 bridgehead atoms. The molecule has 0 saturated heterocycles. The molecular formula is C15H17NO5. The van der Waals surface area contributed by atoms with Gasteiger partial charge in [0.1, 0.15) is 5.58 Å². The summed E-state index contributed by atoms with van der Waals surface area (Å²) >= 11 is 0. The van der Waals surface area contributed by atoms with Crippen LogP contribution < -0.4 is 5.32 Å². The van der Waals surface area contributed by atoms with Gasteiger partial charge in [0.05, 0.1) is 6.61 Å². The average Bonchev–Trinajstić information content (AvgIpc) is 2.86. The van der Waals surface area contributed by atoms with E-state index in [-0.39, 0.29) is 18.3 Å². The lowest BCUT2D eigenvalue weighted by molar-refractivity contribution is -0.128. The number of fused-ring (bicyclic) bond motifs is 1. The van der Waals surface area contributed by atoms with Gasteiger partial charge in [-0.15, -0.1) is 0 Å². The molecule has 2 rings (SSSR count). The van der Waals surface area contributed by atoms with Gasteiger partial charge in [-0.2, -0.15) is 0 Å². The van der Waals surface area contributed by atoms with E-state index in [2.05, 4.69) is 5.32 Å². The molecule has 0 radical (unpaired) electrons. The molecule has 1 N–H and O–H groups in total. The highest BCUT2D eigenvalue weighted by Gasteiger charge is 2.25. The molecule has 6 nitrogen and oxygen atoms in total. The molecule has 21 heavy (non-hydrogen) atoms. The number of furan rings is 1. The van der Waals surface area contributed by atoms with E-state index in [0.717, 1.165) is 5.39 Å². The number of hydrogen-bond acceptors (Lipinski definition) is 5. The molecular weight excluding hydrogens is 274 g/mol. The van der Waals surface area contributed by atoms with Crippen molar-refractivity contribution in [1.82, 2.24) is 5.32 Å². The van der Waals surface area contributed by atoms with Gasteiger partial charge in [0.15, 0.2) is 6.10 Å². The summed E-state index contributed by atoms with van der Waals surface area (Å²) < 4.78 is 15.8. The molecule has 6 heteroatoms. The molecule has 0 saturated carbocycles. The Morgan fingerprint density at radius 1 is 1.33 bits per heavy atom. The number of para-hydroxylation sites is 1. The summed E-state index contributed by atoms with van der Waals surface area (Å²) in [7, 11) is 3.01. The molecule has 1 atom stereocenters. The van der Waals surface area contributed by atoms with Gasteiger partial charge in [0.2, 0.25) is 5.76 Å². The third kappa shape index (κ3) is 3.05. The maximum Gasteiger partial charge on any atom is 0.375 e. The quantitative estimate of drug-likeness (QED) is 0.851. The van der Waals surface area contributed by atoms with Crippen LogP contribution in [-0.2, 0) is 20.9 Å². The highest BCUT2D eigenvalue weighted by molar-refractivity contribution is 5.97. The van der Waals surface area contributed by atoms with E-state index in [4.69, 9.17) is 13.9 Å². The van der Waals surface area contributed by atoms with Crippen molar-refractivity contribution < 1.29 is 23.5 Å². The van der Waals surface area contributed by atoms with E-state index in [1.807, 2.05) is 18.2 Å². The standard InChI is InChI=1S/C15H17NO5/c1-9(14(17)16-2)20-15(18)13-11(8-19-3)10-6-4-5-7-12(10)21-13/h4-7,9H,8H2,1-3H3,(H,16,17)/t9-/m0/s1.